The van der Waals surface area contributed by atoms with Gasteiger partial charge in [0.05, 0.1) is 0 Å². The van der Waals surface area contributed by atoms with E-state index in [0.29, 0.717) is 17.2 Å². The van der Waals surface area contributed by atoms with Gasteiger partial charge < -0.3 is 5.73 Å². The van der Waals surface area contributed by atoms with E-state index in [9.17, 15) is 0 Å². The molecule has 0 aromatic heterocycles. The summed E-state index contributed by atoms with van der Waals surface area (Å²) in [5.41, 5.74) is 7.65. The Bertz CT molecular complexity index is 331. The van der Waals surface area contributed by atoms with E-state index in [1.165, 1.54) is 16.9 Å². The van der Waals surface area contributed by atoms with Crippen molar-refractivity contribution < 1.29 is 0 Å². The summed E-state index contributed by atoms with van der Waals surface area (Å²) >= 11 is 1.93. The fraction of sp³-hybridized carbons (Fsp3) is 0.625. The zero-order valence-corrected chi connectivity index (χ0v) is 13.0. The molecule has 1 nitrogen and oxygen atoms in total. The van der Waals surface area contributed by atoms with Crippen LogP contribution in [0.2, 0.25) is 0 Å². The number of hydrogen-bond donors (Lipinski definition) is 1. The van der Waals surface area contributed by atoms with Crippen LogP contribution in [0.4, 0.5) is 0 Å². The standard InChI is InChI=1S/C16H27NS/c1-5-7-15(17)16(6-2)18-14-10-8-13(9-11-14)12(3)4/h8-12,15-16H,5-7,17H2,1-4H3. The molecule has 2 unspecified atom stereocenters. The highest BCUT2D eigenvalue weighted by Gasteiger charge is 2.16. The lowest BCUT2D eigenvalue weighted by Gasteiger charge is -2.22. The van der Waals surface area contributed by atoms with Crippen LogP contribution in [0, 0.1) is 0 Å². The molecule has 18 heavy (non-hydrogen) atoms. The molecule has 2 heteroatoms. The Kier molecular flexibility index (Phi) is 6.80. The Morgan fingerprint density at radius 2 is 1.72 bits per heavy atom. The summed E-state index contributed by atoms with van der Waals surface area (Å²) in [5, 5.41) is 0.537. The molecule has 1 aromatic rings. The van der Waals surface area contributed by atoms with Gasteiger partial charge in [0.2, 0.25) is 0 Å². The molecule has 0 heterocycles. The quantitative estimate of drug-likeness (QED) is 0.716. The highest BCUT2D eigenvalue weighted by Crippen LogP contribution is 2.29. The Labute approximate surface area is 117 Å². The van der Waals surface area contributed by atoms with Crippen LogP contribution in [-0.2, 0) is 0 Å². The minimum atomic E-state index is 0.315. The van der Waals surface area contributed by atoms with Gasteiger partial charge in [-0.15, -0.1) is 11.8 Å². The van der Waals surface area contributed by atoms with Crippen LogP contribution in [-0.4, -0.2) is 11.3 Å². The molecule has 0 amide bonds. The molecular formula is C16H27NS. The predicted molar refractivity (Wildman–Crippen MR) is 83.4 cm³/mol. The lowest BCUT2D eigenvalue weighted by atomic mass is 10.0. The lowest BCUT2D eigenvalue weighted by molar-refractivity contribution is 0.567. The molecule has 102 valence electrons. The summed E-state index contributed by atoms with van der Waals surface area (Å²) < 4.78 is 0. The fourth-order valence-corrected chi connectivity index (χ4v) is 3.22. The first-order valence-electron chi connectivity index (χ1n) is 7.10. The second-order valence-corrected chi connectivity index (χ2v) is 6.55. The van der Waals surface area contributed by atoms with Crippen molar-refractivity contribution in [3.8, 4) is 0 Å². The number of rotatable bonds is 7. The Morgan fingerprint density at radius 3 is 2.17 bits per heavy atom. The van der Waals surface area contributed by atoms with Crippen molar-refractivity contribution in [2.75, 3.05) is 0 Å². The van der Waals surface area contributed by atoms with Crippen LogP contribution in [0.15, 0.2) is 29.2 Å². The van der Waals surface area contributed by atoms with Crippen LogP contribution in [0.1, 0.15) is 58.4 Å². The second-order valence-electron chi connectivity index (χ2n) is 5.24. The first-order valence-corrected chi connectivity index (χ1v) is 7.98. The van der Waals surface area contributed by atoms with Crippen molar-refractivity contribution >= 4 is 11.8 Å². The zero-order valence-electron chi connectivity index (χ0n) is 12.1. The third kappa shape index (κ3) is 4.66. The molecule has 0 aliphatic heterocycles. The van der Waals surface area contributed by atoms with Gasteiger partial charge in [0.1, 0.15) is 0 Å². The van der Waals surface area contributed by atoms with Gasteiger partial charge in [0.15, 0.2) is 0 Å². The van der Waals surface area contributed by atoms with Crippen molar-refractivity contribution in [2.24, 2.45) is 5.73 Å². The van der Waals surface area contributed by atoms with Gasteiger partial charge in [-0.1, -0.05) is 46.2 Å². The van der Waals surface area contributed by atoms with E-state index in [1.54, 1.807) is 0 Å². The van der Waals surface area contributed by atoms with Crippen molar-refractivity contribution in [3.63, 3.8) is 0 Å². The first-order chi connectivity index (χ1) is 8.58. The van der Waals surface area contributed by atoms with Crippen molar-refractivity contribution in [2.45, 2.75) is 69.1 Å². The number of thioether (sulfide) groups is 1. The Hall–Kier alpha value is -0.470. The fourth-order valence-electron chi connectivity index (χ4n) is 2.10. The van der Waals surface area contributed by atoms with E-state index in [0.717, 1.165) is 12.8 Å². The Balaban J connectivity index is 2.64. The van der Waals surface area contributed by atoms with E-state index in [4.69, 9.17) is 5.73 Å². The topological polar surface area (TPSA) is 26.0 Å². The molecule has 0 spiro atoms. The van der Waals surface area contributed by atoms with Crippen LogP contribution >= 0.6 is 11.8 Å². The molecular weight excluding hydrogens is 238 g/mol. The number of nitrogens with two attached hydrogens (primary N) is 1. The smallest absolute Gasteiger partial charge is 0.0243 e. The van der Waals surface area contributed by atoms with Gasteiger partial charge in [-0.25, -0.2) is 0 Å². The van der Waals surface area contributed by atoms with Crippen LogP contribution in [0.25, 0.3) is 0 Å². The molecule has 2 atom stereocenters. The average Bonchev–Trinajstić information content (AvgIpc) is 2.36. The summed E-state index contributed by atoms with van der Waals surface area (Å²) in [6, 6.07) is 9.27. The van der Waals surface area contributed by atoms with E-state index >= 15 is 0 Å². The van der Waals surface area contributed by atoms with Crippen LogP contribution < -0.4 is 5.73 Å². The largest absolute Gasteiger partial charge is 0.327 e. The van der Waals surface area contributed by atoms with E-state index < -0.39 is 0 Å². The summed E-state index contributed by atoms with van der Waals surface area (Å²) in [6.07, 6.45) is 3.43. The molecule has 0 saturated heterocycles. The maximum absolute atomic E-state index is 6.24. The molecule has 2 N–H and O–H groups in total. The van der Waals surface area contributed by atoms with E-state index in [2.05, 4.69) is 52.0 Å². The molecule has 0 saturated carbocycles. The molecule has 0 radical (unpaired) electrons. The first kappa shape index (κ1) is 15.6. The maximum Gasteiger partial charge on any atom is 0.0243 e. The lowest BCUT2D eigenvalue weighted by Crippen LogP contribution is -2.31. The minimum absolute atomic E-state index is 0.315. The summed E-state index contributed by atoms with van der Waals surface area (Å²) in [6.45, 7) is 8.90. The highest BCUT2D eigenvalue weighted by atomic mass is 32.2. The SMILES string of the molecule is CCCC(N)C(CC)Sc1ccc(C(C)C)cc1. The average molecular weight is 265 g/mol. The Morgan fingerprint density at radius 1 is 1.11 bits per heavy atom. The van der Waals surface area contributed by atoms with E-state index in [-0.39, 0.29) is 0 Å². The van der Waals surface area contributed by atoms with Gasteiger partial charge in [0, 0.05) is 16.2 Å². The molecule has 0 aliphatic rings. The molecule has 0 fully saturated rings. The normalized spacial score (nSPS) is 14.8. The van der Waals surface area contributed by atoms with Crippen LogP contribution in [0.3, 0.4) is 0 Å². The monoisotopic (exact) mass is 265 g/mol. The van der Waals surface area contributed by atoms with Crippen molar-refractivity contribution in [1.82, 2.24) is 0 Å². The highest BCUT2D eigenvalue weighted by molar-refractivity contribution is 8.00. The van der Waals surface area contributed by atoms with Gasteiger partial charge in [-0.2, -0.15) is 0 Å². The molecule has 1 rings (SSSR count). The number of benzene rings is 1. The minimum Gasteiger partial charge on any atom is -0.327 e. The van der Waals surface area contributed by atoms with Gasteiger partial charge in [-0.05, 0) is 36.5 Å². The third-order valence-corrected chi connectivity index (χ3v) is 4.87. The maximum atomic E-state index is 6.24. The third-order valence-electron chi connectivity index (χ3n) is 3.34. The van der Waals surface area contributed by atoms with E-state index in [1.807, 2.05) is 11.8 Å². The van der Waals surface area contributed by atoms with Gasteiger partial charge in [-0.3, -0.25) is 0 Å². The zero-order chi connectivity index (χ0) is 13.5. The van der Waals surface area contributed by atoms with Crippen LogP contribution in [0.5, 0.6) is 0 Å². The second kappa shape index (κ2) is 7.85. The van der Waals surface area contributed by atoms with Crippen molar-refractivity contribution in [1.29, 1.82) is 0 Å². The molecule has 0 aliphatic carbocycles. The van der Waals surface area contributed by atoms with Gasteiger partial charge >= 0.3 is 0 Å². The summed E-state index contributed by atoms with van der Waals surface area (Å²) in [5.74, 6) is 0.605. The summed E-state index contributed by atoms with van der Waals surface area (Å²) in [7, 11) is 0. The van der Waals surface area contributed by atoms with Crippen molar-refractivity contribution in [3.05, 3.63) is 29.8 Å². The molecule has 0 bridgehead atoms. The molecule has 1 aromatic carbocycles. The van der Waals surface area contributed by atoms with Gasteiger partial charge in [0.25, 0.3) is 0 Å². The number of hydrogen-bond acceptors (Lipinski definition) is 2. The predicted octanol–water partition coefficient (Wildman–Crippen LogP) is 4.81. The summed E-state index contributed by atoms with van der Waals surface area (Å²) in [4.78, 5) is 1.35.